The van der Waals surface area contributed by atoms with Gasteiger partial charge in [-0.1, -0.05) is 12.1 Å². The van der Waals surface area contributed by atoms with E-state index in [2.05, 4.69) is 10.3 Å². The molecule has 0 radical (unpaired) electrons. The molecule has 1 atom stereocenters. The van der Waals surface area contributed by atoms with Crippen LogP contribution in [-0.2, 0) is 4.74 Å². The second-order valence-corrected chi connectivity index (χ2v) is 9.71. The molecule has 7 nitrogen and oxygen atoms in total. The Bertz CT molecular complexity index is 1450. The minimum atomic E-state index is -0.602. The highest BCUT2D eigenvalue weighted by Crippen LogP contribution is 2.28. The summed E-state index contributed by atoms with van der Waals surface area (Å²) in [6.45, 7) is 11.2. The summed E-state index contributed by atoms with van der Waals surface area (Å²) in [6.07, 6.45) is 5.18. The fraction of sp³-hybridized carbons (Fsp3) is 0.286. The summed E-state index contributed by atoms with van der Waals surface area (Å²) < 4.78 is 7.19. The lowest BCUT2D eigenvalue weighted by Crippen LogP contribution is -2.25. The molecule has 1 N–H and O–H groups in total. The van der Waals surface area contributed by atoms with Crippen LogP contribution in [0.25, 0.3) is 16.9 Å². The van der Waals surface area contributed by atoms with Crippen LogP contribution in [0.15, 0.2) is 65.8 Å². The Morgan fingerprint density at radius 1 is 1.09 bits per heavy atom. The molecular weight excluding hydrogens is 440 g/mol. The fourth-order valence-electron chi connectivity index (χ4n) is 4.04. The number of para-hydroxylation sites is 1. The van der Waals surface area contributed by atoms with Crippen molar-refractivity contribution < 1.29 is 9.53 Å². The van der Waals surface area contributed by atoms with Gasteiger partial charge in [-0.05, 0) is 77.4 Å². The van der Waals surface area contributed by atoms with Gasteiger partial charge in [-0.3, -0.25) is 14.2 Å². The zero-order valence-electron chi connectivity index (χ0n) is 20.9. The van der Waals surface area contributed by atoms with E-state index in [-0.39, 0.29) is 11.6 Å². The number of aromatic nitrogens is 3. The average molecular weight is 471 g/mol. The first-order valence-electron chi connectivity index (χ1n) is 11.6. The third-order valence-corrected chi connectivity index (χ3v) is 5.65. The number of pyridine rings is 2. The van der Waals surface area contributed by atoms with E-state index in [9.17, 15) is 9.59 Å². The molecule has 3 heterocycles. The Morgan fingerprint density at radius 3 is 2.46 bits per heavy atom. The SMILES string of the molecule is Cc1cc(C(C)Nc2ccccc2C(=O)OC(C)(C)C)c2nc(-c3ccncc3)c(C)c(=O)n2c1. The highest BCUT2D eigenvalue weighted by Gasteiger charge is 2.22. The molecule has 0 amide bonds. The Hall–Kier alpha value is -4.00. The standard InChI is InChI=1S/C28H30N4O3/c1-17-15-22(19(3)30-23-10-8-7-9-21(23)27(34)35-28(4,5)6)25-31-24(20-11-13-29-14-12-20)18(2)26(33)32(25)16-17/h7-16,19,30H,1-6H3. The van der Waals surface area contributed by atoms with Gasteiger partial charge in [-0.2, -0.15) is 0 Å². The van der Waals surface area contributed by atoms with Crippen molar-refractivity contribution in [1.82, 2.24) is 14.4 Å². The monoisotopic (exact) mass is 470 g/mol. The molecule has 0 saturated heterocycles. The van der Waals surface area contributed by atoms with Crippen molar-refractivity contribution in [3.63, 3.8) is 0 Å². The molecule has 0 aliphatic heterocycles. The molecule has 0 bridgehead atoms. The maximum atomic E-state index is 13.3. The molecule has 35 heavy (non-hydrogen) atoms. The van der Waals surface area contributed by atoms with E-state index in [1.807, 2.05) is 71.0 Å². The lowest BCUT2D eigenvalue weighted by molar-refractivity contribution is 0.00706. The smallest absolute Gasteiger partial charge is 0.340 e. The summed E-state index contributed by atoms with van der Waals surface area (Å²) in [6, 6.07) is 12.7. The largest absolute Gasteiger partial charge is 0.456 e. The Morgan fingerprint density at radius 2 is 1.77 bits per heavy atom. The van der Waals surface area contributed by atoms with Crippen LogP contribution in [0, 0.1) is 13.8 Å². The first-order valence-corrected chi connectivity index (χ1v) is 11.6. The van der Waals surface area contributed by atoms with Crippen LogP contribution in [0.3, 0.4) is 0 Å². The maximum absolute atomic E-state index is 13.3. The van der Waals surface area contributed by atoms with Crippen LogP contribution in [0.2, 0.25) is 0 Å². The number of carbonyl (C=O) groups is 1. The van der Waals surface area contributed by atoms with E-state index in [4.69, 9.17) is 9.72 Å². The summed E-state index contributed by atoms with van der Waals surface area (Å²) in [5.41, 5.74) is 4.75. The van der Waals surface area contributed by atoms with Gasteiger partial charge in [0.25, 0.3) is 5.56 Å². The molecule has 1 unspecified atom stereocenters. The number of hydrogen-bond donors (Lipinski definition) is 1. The molecule has 0 aliphatic carbocycles. The Labute approximate surface area is 204 Å². The number of fused-ring (bicyclic) bond motifs is 1. The van der Waals surface area contributed by atoms with Crippen molar-refractivity contribution in [1.29, 1.82) is 0 Å². The third kappa shape index (κ3) is 5.09. The highest BCUT2D eigenvalue weighted by atomic mass is 16.6. The number of nitrogens with zero attached hydrogens (tertiary/aromatic N) is 3. The van der Waals surface area contributed by atoms with E-state index in [0.717, 1.165) is 16.7 Å². The first kappa shape index (κ1) is 24.1. The Balaban J connectivity index is 1.81. The van der Waals surface area contributed by atoms with Gasteiger partial charge in [0.15, 0.2) is 0 Å². The maximum Gasteiger partial charge on any atom is 0.340 e. The number of carbonyl (C=O) groups excluding carboxylic acids is 1. The molecule has 1 aromatic carbocycles. The van der Waals surface area contributed by atoms with Gasteiger partial charge >= 0.3 is 5.97 Å². The third-order valence-electron chi connectivity index (χ3n) is 5.65. The van der Waals surface area contributed by atoms with Crippen LogP contribution in [0.5, 0.6) is 0 Å². The van der Waals surface area contributed by atoms with E-state index in [1.54, 1.807) is 36.0 Å². The van der Waals surface area contributed by atoms with Crippen molar-refractivity contribution >= 4 is 17.3 Å². The normalized spacial score (nSPS) is 12.4. The molecule has 180 valence electrons. The Kier molecular flexibility index (Phi) is 6.43. The summed E-state index contributed by atoms with van der Waals surface area (Å²) in [4.78, 5) is 35.1. The molecule has 7 heteroatoms. The van der Waals surface area contributed by atoms with Crippen molar-refractivity contribution in [3.8, 4) is 11.3 Å². The summed E-state index contributed by atoms with van der Waals surface area (Å²) in [5, 5.41) is 3.44. The van der Waals surface area contributed by atoms with Crippen LogP contribution in [-0.4, -0.2) is 25.9 Å². The van der Waals surface area contributed by atoms with Gasteiger partial charge in [-0.15, -0.1) is 0 Å². The summed E-state index contributed by atoms with van der Waals surface area (Å²) in [7, 11) is 0. The molecule has 0 saturated carbocycles. The van der Waals surface area contributed by atoms with E-state index in [1.165, 1.54) is 0 Å². The number of ether oxygens (including phenoxy) is 1. The van der Waals surface area contributed by atoms with Gasteiger partial charge in [0, 0.05) is 41.0 Å². The highest BCUT2D eigenvalue weighted by molar-refractivity contribution is 5.96. The molecule has 0 aliphatic rings. The van der Waals surface area contributed by atoms with E-state index < -0.39 is 11.6 Å². The number of esters is 1. The molecule has 4 aromatic rings. The van der Waals surface area contributed by atoms with Crippen molar-refractivity contribution in [2.45, 2.75) is 53.2 Å². The van der Waals surface area contributed by atoms with Gasteiger partial charge in [0.2, 0.25) is 0 Å². The lowest BCUT2D eigenvalue weighted by Gasteiger charge is -2.23. The molecule has 0 fully saturated rings. The van der Waals surface area contributed by atoms with Crippen LogP contribution in [0.4, 0.5) is 5.69 Å². The van der Waals surface area contributed by atoms with E-state index in [0.29, 0.717) is 28.2 Å². The lowest BCUT2D eigenvalue weighted by atomic mass is 10.0. The van der Waals surface area contributed by atoms with Gasteiger partial charge < -0.3 is 10.1 Å². The van der Waals surface area contributed by atoms with E-state index >= 15 is 0 Å². The number of rotatable bonds is 5. The van der Waals surface area contributed by atoms with Crippen molar-refractivity contribution in [3.05, 3.63) is 93.7 Å². The van der Waals surface area contributed by atoms with Gasteiger partial charge in [-0.25, -0.2) is 9.78 Å². The van der Waals surface area contributed by atoms with Crippen LogP contribution >= 0.6 is 0 Å². The molecular formula is C28H30N4O3. The molecule has 4 rings (SSSR count). The number of benzene rings is 1. The summed E-state index contributed by atoms with van der Waals surface area (Å²) >= 11 is 0. The minimum Gasteiger partial charge on any atom is -0.456 e. The number of nitrogens with one attached hydrogen (secondary N) is 1. The quantitative estimate of drug-likeness (QED) is 0.388. The van der Waals surface area contributed by atoms with Gasteiger partial charge in [0.1, 0.15) is 11.2 Å². The number of anilines is 1. The predicted molar refractivity (Wildman–Crippen MR) is 138 cm³/mol. The minimum absolute atomic E-state index is 0.117. The topological polar surface area (TPSA) is 85.6 Å². The summed E-state index contributed by atoms with van der Waals surface area (Å²) in [5.74, 6) is -0.396. The second-order valence-electron chi connectivity index (χ2n) is 9.71. The zero-order chi connectivity index (χ0) is 25.3. The van der Waals surface area contributed by atoms with Gasteiger partial charge in [0.05, 0.1) is 17.3 Å². The zero-order valence-corrected chi connectivity index (χ0v) is 20.9. The van der Waals surface area contributed by atoms with Crippen molar-refractivity contribution in [2.75, 3.05) is 5.32 Å². The number of aryl methyl sites for hydroxylation is 1. The average Bonchev–Trinajstić information content (AvgIpc) is 2.81. The number of hydrogen-bond acceptors (Lipinski definition) is 6. The second kappa shape index (κ2) is 9.33. The molecule has 0 spiro atoms. The predicted octanol–water partition coefficient (Wildman–Crippen LogP) is 5.50. The van der Waals surface area contributed by atoms with Crippen LogP contribution in [0.1, 0.15) is 60.8 Å². The first-order chi connectivity index (χ1) is 16.5. The fourth-order valence-corrected chi connectivity index (χ4v) is 4.04. The van der Waals surface area contributed by atoms with Crippen molar-refractivity contribution in [2.24, 2.45) is 0 Å². The van der Waals surface area contributed by atoms with Crippen LogP contribution < -0.4 is 10.9 Å². The molecule has 3 aromatic heterocycles.